The number of hydrogen-bond donors (Lipinski definition) is 3. The molecule has 3 aliphatic heterocycles. The molecule has 2 aromatic carbocycles. The van der Waals surface area contributed by atoms with Crippen molar-refractivity contribution in [2.24, 2.45) is 11.8 Å². The third kappa shape index (κ3) is 6.75. The molecule has 15 heteroatoms. The van der Waals surface area contributed by atoms with E-state index in [-0.39, 0.29) is 36.8 Å². The van der Waals surface area contributed by atoms with E-state index in [0.717, 1.165) is 35.6 Å². The Bertz CT molecular complexity index is 1990. The van der Waals surface area contributed by atoms with Crippen LogP contribution in [0.3, 0.4) is 0 Å². The first kappa shape index (κ1) is 34.1. The van der Waals surface area contributed by atoms with Crippen LogP contribution in [0.1, 0.15) is 72.8 Å². The monoisotopic (exact) mass is 704 g/mol. The SMILES string of the molecule is CC(C)(C(=O)Nc1ccc(C(F)(F)F)cc1OCC1CC1)n1cc(C#CC2CN(c3ccc4c(c3)C(O)N(C3CCC(=O)NC3=O)C4=O)C2)cn1. The van der Waals surface area contributed by atoms with E-state index in [1.165, 1.54) is 16.9 Å². The number of hydrogen-bond acceptors (Lipinski definition) is 8. The van der Waals surface area contributed by atoms with Crippen molar-refractivity contribution in [2.45, 2.75) is 63.5 Å². The molecule has 4 aliphatic rings. The maximum absolute atomic E-state index is 13.4. The van der Waals surface area contributed by atoms with Gasteiger partial charge in [-0.1, -0.05) is 11.8 Å². The van der Waals surface area contributed by atoms with Crippen LogP contribution >= 0.6 is 0 Å². The summed E-state index contributed by atoms with van der Waals surface area (Å²) < 4.78 is 47.2. The van der Waals surface area contributed by atoms with Crippen molar-refractivity contribution in [3.63, 3.8) is 0 Å². The lowest BCUT2D eigenvalue weighted by Crippen LogP contribution is -2.53. The summed E-state index contributed by atoms with van der Waals surface area (Å²) in [6.07, 6.45) is -0.566. The van der Waals surface area contributed by atoms with Crippen LogP contribution in [-0.4, -0.2) is 69.2 Å². The fraction of sp³-hybridized carbons (Fsp3) is 0.417. The first-order chi connectivity index (χ1) is 24.2. The van der Waals surface area contributed by atoms with E-state index in [9.17, 15) is 37.5 Å². The number of fused-ring (bicyclic) bond motifs is 1. The van der Waals surface area contributed by atoms with E-state index in [1.54, 1.807) is 38.2 Å². The maximum Gasteiger partial charge on any atom is 0.416 e. The summed E-state index contributed by atoms with van der Waals surface area (Å²) in [6.45, 7) is 4.73. The molecule has 4 heterocycles. The molecule has 0 bridgehead atoms. The minimum absolute atomic E-state index is 0.0122. The van der Waals surface area contributed by atoms with Gasteiger partial charge in [0.05, 0.1) is 35.5 Å². The molecule has 2 atom stereocenters. The van der Waals surface area contributed by atoms with Crippen LogP contribution in [0.2, 0.25) is 0 Å². The van der Waals surface area contributed by atoms with E-state index < -0.39 is 53.2 Å². The molecule has 0 radical (unpaired) electrons. The molecule has 3 fully saturated rings. The number of aromatic nitrogens is 2. The predicted molar refractivity (Wildman–Crippen MR) is 176 cm³/mol. The van der Waals surface area contributed by atoms with Gasteiger partial charge in [-0.3, -0.25) is 34.1 Å². The zero-order valence-electron chi connectivity index (χ0n) is 27.8. The number of aliphatic hydroxyl groups is 1. The molecule has 7 rings (SSSR count). The molecular weight excluding hydrogens is 669 g/mol. The molecule has 266 valence electrons. The fourth-order valence-electron chi connectivity index (χ4n) is 6.27. The Hall–Kier alpha value is -5.36. The number of nitrogens with zero attached hydrogens (tertiary/aromatic N) is 4. The summed E-state index contributed by atoms with van der Waals surface area (Å²) in [7, 11) is 0. The number of ether oxygens (including phenoxy) is 1. The highest BCUT2D eigenvalue weighted by Crippen LogP contribution is 2.39. The molecule has 2 saturated heterocycles. The molecule has 12 nitrogen and oxygen atoms in total. The number of carbonyl (C=O) groups is 4. The second kappa shape index (κ2) is 12.8. The van der Waals surface area contributed by atoms with Crippen molar-refractivity contribution in [2.75, 3.05) is 29.9 Å². The highest BCUT2D eigenvalue weighted by atomic mass is 19.4. The van der Waals surface area contributed by atoms with Crippen LogP contribution in [-0.2, 0) is 26.1 Å². The van der Waals surface area contributed by atoms with Gasteiger partial charge in [0.25, 0.3) is 11.8 Å². The van der Waals surface area contributed by atoms with Gasteiger partial charge in [-0.05, 0) is 75.4 Å². The average molecular weight is 705 g/mol. The lowest BCUT2D eigenvalue weighted by atomic mass is 9.98. The normalized spacial score (nSPS) is 20.7. The van der Waals surface area contributed by atoms with Crippen molar-refractivity contribution in [3.8, 4) is 17.6 Å². The fourth-order valence-corrected chi connectivity index (χ4v) is 6.27. The van der Waals surface area contributed by atoms with Gasteiger partial charge in [-0.15, -0.1) is 0 Å². The summed E-state index contributed by atoms with van der Waals surface area (Å²) in [5.41, 5.74) is 0.121. The van der Waals surface area contributed by atoms with E-state index in [1.807, 2.05) is 4.90 Å². The molecule has 51 heavy (non-hydrogen) atoms. The van der Waals surface area contributed by atoms with Crippen molar-refractivity contribution >= 4 is 35.0 Å². The largest absolute Gasteiger partial charge is 0.491 e. The minimum atomic E-state index is -4.56. The number of amides is 4. The van der Waals surface area contributed by atoms with Crippen molar-refractivity contribution in [3.05, 3.63) is 71.0 Å². The van der Waals surface area contributed by atoms with E-state index in [4.69, 9.17) is 4.74 Å². The standard InChI is InChI=1S/C36H35F3N6O6/c1-35(2,34(50)41-27-10-7-23(36(37,38)39)13-29(27)51-19-20-3-4-20)44-18-21(15-40-44)5-6-22-16-43(17-22)24-8-9-25-26(14-24)33(49)45(32(25)48)28-11-12-30(46)42-31(28)47/h7-10,13-15,18,20,22,28,33,49H,3-4,11-12,16-17,19H2,1-2H3,(H,41,50)(H,42,46,47). The lowest BCUT2D eigenvalue weighted by molar-refractivity contribution is -0.140. The summed E-state index contributed by atoms with van der Waals surface area (Å²) in [6, 6.07) is 7.22. The average Bonchev–Trinajstić information content (AvgIpc) is 3.71. The van der Waals surface area contributed by atoms with Crippen LogP contribution in [0.15, 0.2) is 48.8 Å². The minimum Gasteiger partial charge on any atom is -0.491 e. The molecule has 1 saturated carbocycles. The van der Waals surface area contributed by atoms with Gasteiger partial charge in [-0.2, -0.15) is 18.3 Å². The van der Waals surface area contributed by atoms with Crippen molar-refractivity contribution in [1.82, 2.24) is 20.0 Å². The highest BCUT2D eigenvalue weighted by molar-refractivity contribution is 6.06. The number of carbonyl (C=O) groups excluding carboxylic acids is 4. The number of imide groups is 1. The van der Waals surface area contributed by atoms with Gasteiger partial charge in [0.15, 0.2) is 6.23 Å². The zero-order valence-corrected chi connectivity index (χ0v) is 27.8. The Labute approximate surface area is 290 Å². The van der Waals surface area contributed by atoms with Gasteiger partial charge >= 0.3 is 6.18 Å². The second-order valence-electron chi connectivity index (χ2n) is 13.8. The van der Waals surface area contributed by atoms with Crippen LogP contribution in [0, 0.1) is 23.7 Å². The summed E-state index contributed by atoms with van der Waals surface area (Å²) in [5, 5.41) is 20.3. The maximum atomic E-state index is 13.4. The van der Waals surface area contributed by atoms with Gasteiger partial charge in [0, 0.05) is 42.5 Å². The van der Waals surface area contributed by atoms with Gasteiger partial charge in [0.1, 0.15) is 17.3 Å². The quantitative estimate of drug-likeness (QED) is 0.237. The Morgan fingerprint density at radius 3 is 2.57 bits per heavy atom. The summed E-state index contributed by atoms with van der Waals surface area (Å²) in [4.78, 5) is 53.6. The molecule has 0 spiro atoms. The predicted octanol–water partition coefficient (Wildman–Crippen LogP) is 3.80. The highest BCUT2D eigenvalue weighted by Gasteiger charge is 2.45. The number of aliphatic hydroxyl groups excluding tert-OH is 1. The number of benzene rings is 2. The Balaban J connectivity index is 0.970. The number of anilines is 2. The summed E-state index contributed by atoms with van der Waals surface area (Å²) in [5.74, 6) is 4.60. The van der Waals surface area contributed by atoms with Crippen molar-refractivity contribution in [1.29, 1.82) is 0 Å². The first-order valence-electron chi connectivity index (χ1n) is 16.6. The van der Waals surface area contributed by atoms with E-state index in [0.29, 0.717) is 35.7 Å². The third-order valence-corrected chi connectivity index (χ3v) is 9.69. The number of rotatable bonds is 8. The number of piperidine rings is 1. The third-order valence-electron chi connectivity index (χ3n) is 9.69. The van der Waals surface area contributed by atoms with Crippen molar-refractivity contribution < 1.29 is 42.2 Å². The number of nitrogens with one attached hydrogen (secondary N) is 2. The first-order valence-corrected chi connectivity index (χ1v) is 16.6. The molecule has 2 unspecified atom stereocenters. The topological polar surface area (TPSA) is 146 Å². The molecule has 1 aromatic heterocycles. The smallest absolute Gasteiger partial charge is 0.416 e. The molecule has 4 amide bonds. The second-order valence-corrected chi connectivity index (χ2v) is 13.8. The molecule has 3 aromatic rings. The van der Waals surface area contributed by atoms with Crippen LogP contribution < -0.4 is 20.3 Å². The zero-order chi connectivity index (χ0) is 36.2. The van der Waals surface area contributed by atoms with E-state index in [2.05, 4.69) is 27.6 Å². The van der Waals surface area contributed by atoms with E-state index >= 15 is 0 Å². The van der Waals surface area contributed by atoms with Gasteiger partial charge in [-0.25, -0.2) is 0 Å². The summed E-state index contributed by atoms with van der Waals surface area (Å²) >= 11 is 0. The van der Waals surface area contributed by atoms with Gasteiger partial charge < -0.3 is 20.1 Å². The molecule has 3 N–H and O–H groups in total. The number of alkyl halides is 3. The number of halogens is 3. The van der Waals surface area contributed by atoms with Crippen LogP contribution in [0.4, 0.5) is 24.5 Å². The lowest BCUT2D eigenvalue weighted by Gasteiger charge is -2.38. The molecular formula is C36H35F3N6O6. The Kier molecular flexibility index (Phi) is 8.53. The van der Waals surface area contributed by atoms with Crippen LogP contribution in [0.25, 0.3) is 0 Å². The molecule has 1 aliphatic carbocycles. The van der Waals surface area contributed by atoms with Gasteiger partial charge in [0.2, 0.25) is 11.8 Å². The van der Waals surface area contributed by atoms with Crippen LogP contribution in [0.5, 0.6) is 5.75 Å². The Morgan fingerprint density at radius 1 is 1.10 bits per heavy atom. The Morgan fingerprint density at radius 2 is 1.86 bits per heavy atom.